The molecule has 0 unspecified atom stereocenters. The van der Waals surface area contributed by atoms with Crippen LogP contribution in [-0.2, 0) is 0 Å². The van der Waals surface area contributed by atoms with Crippen molar-refractivity contribution in [2.45, 2.75) is 6.36 Å². The van der Waals surface area contributed by atoms with Gasteiger partial charge in [-0.05, 0) is 48.5 Å². The van der Waals surface area contributed by atoms with Crippen molar-refractivity contribution in [2.24, 2.45) is 4.99 Å². The van der Waals surface area contributed by atoms with Crippen LogP contribution in [0.5, 0.6) is 5.75 Å². The van der Waals surface area contributed by atoms with Crippen molar-refractivity contribution in [2.75, 3.05) is 11.2 Å². The number of benzene rings is 2. The predicted octanol–water partition coefficient (Wildman–Crippen LogP) is 6.39. The molecule has 0 radical (unpaired) electrons. The maximum Gasteiger partial charge on any atom is 0.573 e. The van der Waals surface area contributed by atoms with E-state index in [0.29, 0.717) is 17.5 Å². The predicted molar refractivity (Wildman–Crippen MR) is 130 cm³/mol. The van der Waals surface area contributed by atoms with Gasteiger partial charge in [-0.2, -0.15) is 0 Å². The third-order valence-corrected chi connectivity index (χ3v) is 5.30. The van der Waals surface area contributed by atoms with Crippen molar-refractivity contribution in [3.63, 3.8) is 0 Å². The normalized spacial score (nSPS) is 11.9. The fourth-order valence-electron chi connectivity index (χ4n) is 3.14. The molecule has 4 rings (SSSR count). The number of anilines is 1. The number of hydrogen-bond acceptors (Lipinski definition) is 7. The Morgan fingerprint density at radius 3 is 2.62 bits per heavy atom. The first kappa shape index (κ1) is 23.2. The zero-order valence-electron chi connectivity index (χ0n) is 17.7. The highest BCUT2D eigenvalue weighted by molar-refractivity contribution is 8.02. The van der Waals surface area contributed by atoms with Gasteiger partial charge < -0.3 is 10.1 Å². The van der Waals surface area contributed by atoms with Crippen LogP contribution >= 0.6 is 11.8 Å². The number of nitrogens with one attached hydrogen (secondary N) is 1. The summed E-state index contributed by atoms with van der Waals surface area (Å²) in [5.41, 5.74) is 2.00. The highest BCUT2D eigenvalue weighted by atomic mass is 32.2. The van der Waals surface area contributed by atoms with E-state index in [0.717, 1.165) is 16.5 Å². The molecule has 4 aromatic rings. The molecule has 10 heteroatoms. The molecule has 0 aliphatic rings. The van der Waals surface area contributed by atoms with Gasteiger partial charge in [0, 0.05) is 28.9 Å². The van der Waals surface area contributed by atoms with Crippen LogP contribution in [-0.4, -0.2) is 33.9 Å². The maximum atomic E-state index is 12.7. The zero-order valence-corrected chi connectivity index (χ0v) is 18.5. The average molecular weight is 482 g/mol. The van der Waals surface area contributed by atoms with Gasteiger partial charge >= 0.3 is 6.36 Å². The van der Waals surface area contributed by atoms with Gasteiger partial charge in [-0.15, -0.1) is 24.9 Å². The number of hydrogen-bond donors (Lipinski definition) is 1. The number of ether oxygens (including phenoxy) is 1. The molecule has 0 aliphatic heterocycles. The minimum Gasteiger partial charge on any atom is -0.405 e. The molecule has 2 aromatic carbocycles. The van der Waals surface area contributed by atoms with Gasteiger partial charge in [0.1, 0.15) is 11.6 Å². The summed E-state index contributed by atoms with van der Waals surface area (Å²) in [6.07, 6.45) is -1.44. The molecule has 0 amide bonds. The molecule has 6 nitrogen and oxygen atoms in total. The van der Waals surface area contributed by atoms with Crippen LogP contribution in [0.25, 0.3) is 28.0 Å². The molecule has 0 saturated carbocycles. The Morgan fingerprint density at radius 1 is 1.06 bits per heavy atom. The van der Waals surface area contributed by atoms with E-state index in [-0.39, 0.29) is 17.0 Å². The third kappa shape index (κ3) is 5.70. The van der Waals surface area contributed by atoms with Gasteiger partial charge in [-0.25, -0.2) is 9.97 Å². The molecule has 34 heavy (non-hydrogen) atoms. The fraction of sp³-hybridized carbons (Fsp3) is 0.0833. The molecule has 0 saturated heterocycles. The van der Waals surface area contributed by atoms with E-state index in [9.17, 15) is 13.2 Å². The Balaban J connectivity index is 1.54. The third-order valence-electron chi connectivity index (χ3n) is 4.60. The molecule has 2 heterocycles. The second-order valence-corrected chi connectivity index (χ2v) is 7.71. The Morgan fingerprint density at radius 2 is 1.85 bits per heavy atom. The van der Waals surface area contributed by atoms with Crippen LogP contribution in [0.1, 0.15) is 5.56 Å². The Labute approximate surface area is 197 Å². The number of thioether (sulfide) groups is 1. The van der Waals surface area contributed by atoms with Crippen LogP contribution in [0, 0.1) is 0 Å². The highest BCUT2D eigenvalue weighted by Crippen LogP contribution is 2.32. The van der Waals surface area contributed by atoms with Crippen LogP contribution in [0.3, 0.4) is 0 Å². The number of fused-ring (bicyclic) bond motifs is 1. The van der Waals surface area contributed by atoms with Crippen LogP contribution in [0.2, 0.25) is 0 Å². The second kappa shape index (κ2) is 10.3. The molecule has 172 valence electrons. The maximum absolute atomic E-state index is 12.7. The van der Waals surface area contributed by atoms with E-state index in [1.165, 1.54) is 30.0 Å². The van der Waals surface area contributed by atoms with Gasteiger partial charge in [0.15, 0.2) is 5.82 Å². The van der Waals surface area contributed by atoms with Crippen LogP contribution in [0.15, 0.2) is 83.5 Å². The molecule has 0 atom stereocenters. The summed E-state index contributed by atoms with van der Waals surface area (Å²) in [5, 5.41) is 5.71. The fourth-order valence-corrected chi connectivity index (χ4v) is 3.81. The first-order valence-electron chi connectivity index (χ1n) is 9.99. The first-order valence-corrected chi connectivity index (χ1v) is 11.0. The monoisotopic (exact) mass is 481 g/mol. The SMILES string of the molecule is C=N/C(=C\SCNc1nc(-c2cccnc2)nc2ccccc12)c1ccccc1OC(F)(F)F. The number of nitrogens with zero attached hydrogens (tertiary/aromatic N) is 4. The van der Waals surface area contributed by atoms with E-state index in [2.05, 4.69) is 36.7 Å². The number of alkyl halides is 3. The van der Waals surface area contributed by atoms with Crippen molar-refractivity contribution in [1.29, 1.82) is 0 Å². The number of aliphatic imine (C=N–C) groups is 1. The van der Waals surface area contributed by atoms with E-state index >= 15 is 0 Å². The lowest BCUT2D eigenvalue weighted by atomic mass is 10.1. The first-order chi connectivity index (χ1) is 16.4. The minimum atomic E-state index is -4.81. The number of rotatable bonds is 8. The van der Waals surface area contributed by atoms with Crippen molar-refractivity contribution < 1.29 is 17.9 Å². The van der Waals surface area contributed by atoms with Crippen molar-refractivity contribution >= 4 is 40.9 Å². The summed E-state index contributed by atoms with van der Waals surface area (Å²) in [5.74, 6) is 1.18. The molecule has 1 N–H and O–H groups in total. The summed E-state index contributed by atoms with van der Waals surface area (Å²) in [7, 11) is 0. The van der Waals surface area contributed by atoms with Gasteiger partial charge in [-0.3, -0.25) is 9.98 Å². The molecule has 0 spiro atoms. The van der Waals surface area contributed by atoms with Gasteiger partial charge in [0.2, 0.25) is 0 Å². The largest absolute Gasteiger partial charge is 0.573 e. The summed E-state index contributed by atoms with van der Waals surface area (Å²) < 4.78 is 42.4. The lowest BCUT2D eigenvalue weighted by Crippen LogP contribution is -2.17. The topological polar surface area (TPSA) is 72.3 Å². The molecule has 0 aliphatic carbocycles. The zero-order chi connectivity index (χ0) is 24.0. The van der Waals surface area contributed by atoms with Crippen molar-refractivity contribution in [3.05, 3.63) is 84.0 Å². The van der Waals surface area contributed by atoms with E-state index in [1.54, 1.807) is 23.9 Å². The van der Waals surface area contributed by atoms with E-state index < -0.39 is 6.36 Å². The highest BCUT2D eigenvalue weighted by Gasteiger charge is 2.32. The van der Waals surface area contributed by atoms with Gasteiger partial charge in [0.05, 0.1) is 17.1 Å². The summed E-state index contributed by atoms with van der Waals surface area (Å²) in [6, 6.07) is 17.1. The molecular formula is C24H18F3N5OS. The number of pyridine rings is 1. The summed E-state index contributed by atoms with van der Waals surface area (Å²) >= 11 is 1.30. The lowest BCUT2D eigenvalue weighted by Gasteiger charge is -2.13. The quantitative estimate of drug-likeness (QED) is 0.179. The smallest absolute Gasteiger partial charge is 0.405 e. The minimum absolute atomic E-state index is 0.189. The Bertz CT molecular complexity index is 1330. The number of aromatic nitrogens is 3. The Kier molecular flexibility index (Phi) is 7.07. The van der Waals surface area contributed by atoms with E-state index in [1.807, 2.05) is 36.4 Å². The average Bonchev–Trinajstić information content (AvgIpc) is 2.84. The molecule has 0 bridgehead atoms. The number of para-hydroxylation sites is 2. The van der Waals surface area contributed by atoms with Gasteiger partial charge in [0.25, 0.3) is 0 Å². The van der Waals surface area contributed by atoms with Crippen molar-refractivity contribution in [3.8, 4) is 17.1 Å². The molecular weight excluding hydrogens is 463 g/mol. The summed E-state index contributed by atoms with van der Waals surface area (Å²) in [4.78, 5) is 17.3. The standard InChI is InChI=1S/C24H18F3N5OS/c1-28-20(17-8-3-5-11-21(17)33-24(25,26)27)14-34-15-30-23-18-9-2-4-10-19(18)31-22(32-23)16-7-6-12-29-13-16/h2-14H,1,15H2,(H,30,31,32)/b20-14-. The molecule has 2 aromatic heterocycles. The second-order valence-electron chi connectivity index (χ2n) is 6.85. The Hall–Kier alpha value is -3.92. The van der Waals surface area contributed by atoms with Crippen LogP contribution in [0.4, 0.5) is 19.0 Å². The summed E-state index contributed by atoms with van der Waals surface area (Å²) in [6.45, 7) is 3.48. The molecule has 0 fully saturated rings. The van der Waals surface area contributed by atoms with E-state index in [4.69, 9.17) is 0 Å². The van der Waals surface area contributed by atoms with Crippen molar-refractivity contribution in [1.82, 2.24) is 15.0 Å². The van der Waals surface area contributed by atoms with Gasteiger partial charge in [-0.1, -0.05) is 24.3 Å². The lowest BCUT2D eigenvalue weighted by molar-refractivity contribution is -0.274. The number of halogens is 3. The van der Waals surface area contributed by atoms with Crippen LogP contribution < -0.4 is 10.1 Å².